The lowest BCUT2D eigenvalue weighted by Crippen LogP contribution is -2.41. The lowest BCUT2D eigenvalue weighted by atomic mass is 10.0. The molecule has 0 aliphatic carbocycles. The molecule has 0 spiro atoms. The van der Waals surface area contributed by atoms with E-state index in [0.29, 0.717) is 24.9 Å². The van der Waals surface area contributed by atoms with Crippen molar-refractivity contribution in [1.82, 2.24) is 9.62 Å². The number of carboxylic acid groups (broad SMARTS) is 1. The van der Waals surface area contributed by atoms with Gasteiger partial charge in [0.25, 0.3) is 0 Å². The lowest BCUT2D eigenvalue weighted by molar-refractivity contribution is -0.136. The predicted octanol–water partition coefficient (Wildman–Crippen LogP) is -1.06. The van der Waals surface area contributed by atoms with Crippen LogP contribution in [0.1, 0.15) is 6.92 Å². The summed E-state index contributed by atoms with van der Waals surface area (Å²) in [7, 11) is -3.67. The topological polar surface area (TPSA) is 86.7 Å². The summed E-state index contributed by atoms with van der Waals surface area (Å²) >= 11 is 0. The zero-order valence-electron chi connectivity index (χ0n) is 9.09. The first-order chi connectivity index (χ1) is 7.43. The summed E-state index contributed by atoms with van der Waals surface area (Å²) in [5.41, 5.74) is 0. The van der Waals surface area contributed by atoms with E-state index in [1.807, 2.05) is 0 Å². The third-order valence-electron chi connectivity index (χ3n) is 3.51. The van der Waals surface area contributed by atoms with Crippen LogP contribution in [0.25, 0.3) is 0 Å². The first kappa shape index (κ1) is 11.8. The van der Waals surface area contributed by atoms with Gasteiger partial charge in [-0.3, -0.25) is 4.79 Å². The van der Waals surface area contributed by atoms with E-state index in [4.69, 9.17) is 5.11 Å². The zero-order chi connectivity index (χ0) is 11.9. The Labute approximate surface area is 94.7 Å². The van der Waals surface area contributed by atoms with E-state index in [0.717, 1.165) is 13.1 Å². The fourth-order valence-corrected chi connectivity index (χ4v) is 3.87. The number of carboxylic acids is 1. The maximum absolute atomic E-state index is 11.9. The van der Waals surface area contributed by atoms with Crippen LogP contribution >= 0.6 is 0 Å². The molecule has 0 saturated carbocycles. The van der Waals surface area contributed by atoms with Gasteiger partial charge in [-0.25, -0.2) is 12.7 Å². The molecule has 2 rings (SSSR count). The summed E-state index contributed by atoms with van der Waals surface area (Å²) in [5, 5.41) is 10.6. The monoisotopic (exact) mass is 248 g/mol. The van der Waals surface area contributed by atoms with Crippen molar-refractivity contribution in [3.8, 4) is 0 Å². The highest BCUT2D eigenvalue weighted by Gasteiger charge is 2.44. The second kappa shape index (κ2) is 3.97. The number of sulfonamides is 1. The fraction of sp³-hybridized carbons (Fsp3) is 0.889. The van der Waals surface area contributed by atoms with Gasteiger partial charge in [-0.1, -0.05) is 0 Å². The Balaban J connectivity index is 2.12. The summed E-state index contributed by atoms with van der Waals surface area (Å²) in [4.78, 5) is 10.7. The van der Waals surface area contributed by atoms with Crippen molar-refractivity contribution in [2.24, 2.45) is 11.8 Å². The number of hydrogen-bond donors (Lipinski definition) is 2. The molecule has 2 aliphatic rings. The molecule has 0 aromatic heterocycles. The van der Waals surface area contributed by atoms with Gasteiger partial charge in [-0.2, -0.15) is 0 Å². The molecule has 16 heavy (non-hydrogen) atoms. The van der Waals surface area contributed by atoms with Gasteiger partial charge in [-0.15, -0.1) is 0 Å². The molecule has 2 heterocycles. The van der Waals surface area contributed by atoms with Crippen LogP contribution in [0.5, 0.6) is 0 Å². The van der Waals surface area contributed by atoms with Crippen LogP contribution in [-0.2, 0) is 14.8 Å². The van der Waals surface area contributed by atoms with E-state index in [9.17, 15) is 13.2 Å². The quantitative estimate of drug-likeness (QED) is 0.665. The number of aliphatic carboxylic acids is 1. The molecule has 2 aliphatic heterocycles. The minimum absolute atomic E-state index is 0.343. The molecule has 0 bridgehead atoms. The highest BCUT2D eigenvalue weighted by atomic mass is 32.2. The molecule has 6 nitrogen and oxygen atoms in total. The van der Waals surface area contributed by atoms with Crippen LogP contribution in [0.3, 0.4) is 0 Å². The molecule has 1 unspecified atom stereocenters. The summed E-state index contributed by atoms with van der Waals surface area (Å²) in [6.07, 6.45) is 0. The molecular weight excluding hydrogens is 232 g/mol. The van der Waals surface area contributed by atoms with Crippen LogP contribution in [0.2, 0.25) is 0 Å². The van der Waals surface area contributed by atoms with Gasteiger partial charge in [0.15, 0.2) is 5.25 Å². The molecule has 2 N–H and O–H groups in total. The Kier molecular flexibility index (Phi) is 2.93. The normalized spacial score (nSPS) is 32.6. The Morgan fingerprint density at radius 3 is 2.31 bits per heavy atom. The third-order valence-corrected chi connectivity index (χ3v) is 5.62. The fourth-order valence-electron chi connectivity index (χ4n) is 2.37. The van der Waals surface area contributed by atoms with Gasteiger partial charge in [0.05, 0.1) is 0 Å². The Bertz CT molecular complexity index is 382. The highest BCUT2D eigenvalue weighted by Crippen LogP contribution is 2.29. The van der Waals surface area contributed by atoms with Crippen LogP contribution in [0, 0.1) is 11.8 Å². The molecule has 0 aromatic carbocycles. The second-order valence-electron chi connectivity index (χ2n) is 4.52. The second-order valence-corrected chi connectivity index (χ2v) is 6.77. The number of nitrogens with zero attached hydrogens (tertiary/aromatic N) is 1. The third kappa shape index (κ3) is 1.83. The first-order valence-electron chi connectivity index (χ1n) is 5.35. The summed E-state index contributed by atoms with van der Waals surface area (Å²) in [6, 6.07) is 0. The predicted molar refractivity (Wildman–Crippen MR) is 57.4 cm³/mol. The van der Waals surface area contributed by atoms with Crippen LogP contribution in [-0.4, -0.2) is 55.2 Å². The van der Waals surface area contributed by atoms with E-state index in [1.165, 1.54) is 11.2 Å². The molecule has 3 atom stereocenters. The van der Waals surface area contributed by atoms with Crippen molar-refractivity contribution < 1.29 is 18.3 Å². The lowest BCUT2D eigenvalue weighted by Gasteiger charge is -2.19. The Morgan fingerprint density at radius 1 is 1.38 bits per heavy atom. The maximum Gasteiger partial charge on any atom is 0.323 e. The average Bonchev–Trinajstić information content (AvgIpc) is 2.74. The molecule has 92 valence electrons. The van der Waals surface area contributed by atoms with E-state index < -0.39 is 21.2 Å². The number of fused-ring (bicyclic) bond motifs is 1. The highest BCUT2D eigenvalue weighted by molar-refractivity contribution is 7.90. The van der Waals surface area contributed by atoms with Crippen molar-refractivity contribution in [2.45, 2.75) is 12.2 Å². The van der Waals surface area contributed by atoms with Crippen molar-refractivity contribution in [3.05, 3.63) is 0 Å². The molecule has 0 aromatic rings. The van der Waals surface area contributed by atoms with Crippen molar-refractivity contribution in [2.75, 3.05) is 26.2 Å². The van der Waals surface area contributed by atoms with Gasteiger partial charge in [-0.05, 0) is 31.8 Å². The Morgan fingerprint density at radius 2 is 1.88 bits per heavy atom. The van der Waals surface area contributed by atoms with Crippen LogP contribution < -0.4 is 5.32 Å². The van der Waals surface area contributed by atoms with Gasteiger partial charge in [0.2, 0.25) is 10.0 Å². The van der Waals surface area contributed by atoms with Crippen molar-refractivity contribution >= 4 is 16.0 Å². The number of nitrogens with one attached hydrogen (secondary N) is 1. The number of rotatable bonds is 3. The van der Waals surface area contributed by atoms with E-state index in [-0.39, 0.29) is 0 Å². The number of carbonyl (C=O) groups is 1. The van der Waals surface area contributed by atoms with Crippen LogP contribution in [0.4, 0.5) is 0 Å². The van der Waals surface area contributed by atoms with Crippen LogP contribution in [0.15, 0.2) is 0 Å². The SMILES string of the molecule is CC(C(=O)O)S(=O)(=O)N1C[C@H]2CNC[C@H]2C1. The molecule has 0 radical (unpaired) electrons. The van der Waals surface area contributed by atoms with Gasteiger partial charge in [0, 0.05) is 13.1 Å². The zero-order valence-corrected chi connectivity index (χ0v) is 9.90. The molecular formula is C9H16N2O4S. The number of hydrogen-bond acceptors (Lipinski definition) is 4. The minimum atomic E-state index is -3.67. The minimum Gasteiger partial charge on any atom is -0.480 e. The van der Waals surface area contributed by atoms with Crippen molar-refractivity contribution in [3.63, 3.8) is 0 Å². The smallest absolute Gasteiger partial charge is 0.323 e. The Hall–Kier alpha value is -0.660. The van der Waals surface area contributed by atoms with Gasteiger partial charge in [0.1, 0.15) is 0 Å². The average molecular weight is 248 g/mol. The van der Waals surface area contributed by atoms with Crippen molar-refractivity contribution in [1.29, 1.82) is 0 Å². The summed E-state index contributed by atoms with van der Waals surface area (Å²) < 4.78 is 25.2. The van der Waals surface area contributed by atoms with E-state index in [2.05, 4.69) is 5.32 Å². The maximum atomic E-state index is 11.9. The molecule has 7 heteroatoms. The molecule has 0 amide bonds. The van der Waals surface area contributed by atoms with E-state index in [1.54, 1.807) is 0 Å². The molecule has 2 saturated heterocycles. The summed E-state index contributed by atoms with van der Waals surface area (Å²) in [5.74, 6) is -0.596. The first-order valence-corrected chi connectivity index (χ1v) is 6.85. The summed E-state index contributed by atoms with van der Waals surface area (Å²) in [6.45, 7) is 3.80. The van der Waals surface area contributed by atoms with Gasteiger partial charge < -0.3 is 10.4 Å². The molecule has 2 fully saturated rings. The van der Waals surface area contributed by atoms with E-state index >= 15 is 0 Å². The standard InChI is InChI=1S/C9H16N2O4S/c1-6(9(12)13)16(14,15)11-4-7-2-10-3-8(7)5-11/h6-8,10H,2-5H2,1H3,(H,12,13)/t6?,7-,8+. The van der Waals surface area contributed by atoms with Gasteiger partial charge >= 0.3 is 5.97 Å². The largest absolute Gasteiger partial charge is 0.480 e.